The topological polar surface area (TPSA) is 60.9 Å². The predicted octanol–water partition coefficient (Wildman–Crippen LogP) is 1.35. The van der Waals surface area contributed by atoms with Gasteiger partial charge >= 0.3 is 0 Å². The summed E-state index contributed by atoms with van der Waals surface area (Å²) < 4.78 is 0. The highest BCUT2D eigenvalue weighted by Gasteiger charge is 2.60. The zero-order valence-electron chi connectivity index (χ0n) is 15.8. The van der Waals surface area contributed by atoms with Gasteiger partial charge in [0.1, 0.15) is 0 Å². The van der Waals surface area contributed by atoms with Gasteiger partial charge in [0, 0.05) is 58.0 Å². The van der Waals surface area contributed by atoms with E-state index in [1.165, 1.54) is 0 Å². The molecule has 0 aliphatic carbocycles. The van der Waals surface area contributed by atoms with Crippen LogP contribution in [0.4, 0.5) is 0 Å². The third-order valence-corrected chi connectivity index (χ3v) is 6.52. The fourth-order valence-corrected chi connectivity index (χ4v) is 4.91. The number of fused-ring (bicyclic) bond motifs is 1. The maximum atomic E-state index is 13.3. The van der Waals surface area contributed by atoms with Crippen LogP contribution in [0.3, 0.4) is 0 Å². The lowest BCUT2D eigenvalue weighted by atomic mass is 9.79. The number of hydrogen-bond donors (Lipinski definition) is 0. The number of nitrogens with zero attached hydrogens (tertiary/aromatic N) is 3. The van der Waals surface area contributed by atoms with Crippen LogP contribution in [-0.4, -0.2) is 71.7 Å². The van der Waals surface area contributed by atoms with Crippen LogP contribution in [0.2, 0.25) is 0 Å². The molecular formula is C19H31N3O3. The molecule has 0 aromatic rings. The molecule has 0 aromatic carbocycles. The summed E-state index contributed by atoms with van der Waals surface area (Å²) in [6.45, 7) is 9.45. The third-order valence-electron chi connectivity index (χ3n) is 6.52. The average molecular weight is 349 g/mol. The highest BCUT2D eigenvalue weighted by atomic mass is 16.2. The lowest BCUT2D eigenvalue weighted by molar-refractivity contribution is -0.142. The van der Waals surface area contributed by atoms with E-state index in [2.05, 4.69) is 0 Å². The number of likely N-dealkylation sites (tertiary alicyclic amines) is 3. The third kappa shape index (κ3) is 3.04. The Morgan fingerprint density at radius 1 is 0.960 bits per heavy atom. The summed E-state index contributed by atoms with van der Waals surface area (Å²) in [7, 11) is 0. The van der Waals surface area contributed by atoms with Crippen molar-refractivity contribution in [1.29, 1.82) is 0 Å². The number of rotatable bonds is 4. The molecule has 0 saturated carbocycles. The number of amides is 3. The molecule has 3 aliphatic heterocycles. The second kappa shape index (κ2) is 6.96. The van der Waals surface area contributed by atoms with Gasteiger partial charge in [-0.1, -0.05) is 13.8 Å². The molecule has 3 amide bonds. The highest BCUT2D eigenvalue weighted by Crippen LogP contribution is 2.45. The van der Waals surface area contributed by atoms with E-state index in [1.807, 2.05) is 23.6 Å². The van der Waals surface area contributed by atoms with Crippen LogP contribution in [0.1, 0.15) is 46.5 Å². The van der Waals surface area contributed by atoms with Crippen molar-refractivity contribution in [2.45, 2.75) is 46.5 Å². The largest absolute Gasteiger partial charge is 0.342 e. The van der Waals surface area contributed by atoms with E-state index in [0.29, 0.717) is 26.2 Å². The van der Waals surface area contributed by atoms with Crippen LogP contribution in [0.15, 0.2) is 0 Å². The number of hydrogen-bond acceptors (Lipinski definition) is 3. The quantitative estimate of drug-likeness (QED) is 0.770. The Kier molecular flexibility index (Phi) is 5.07. The van der Waals surface area contributed by atoms with Crippen molar-refractivity contribution >= 4 is 17.7 Å². The van der Waals surface area contributed by atoms with Gasteiger partial charge in [0.05, 0.1) is 5.41 Å². The molecule has 0 bridgehead atoms. The number of carbonyl (C=O) groups excluding carboxylic acids is 3. The van der Waals surface area contributed by atoms with Gasteiger partial charge in [0.15, 0.2) is 0 Å². The van der Waals surface area contributed by atoms with Gasteiger partial charge < -0.3 is 14.7 Å². The molecular weight excluding hydrogens is 318 g/mol. The lowest BCUT2D eigenvalue weighted by Crippen LogP contribution is -2.49. The van der Waals surface area contributed by atoms with Crippen molar-refractivity contribution in [3.63, 3.8) is 0 Å². The minimum absolute atomic E-state index is 0.0286. The van der Waals surface area contributed by atoms with Crippen LogP contribution < -0.4 is 0 Å². The van der Waals surface area contributed by atoms with Gasteiger partial charge in [-0.05, 0) is 25.7 Å². The molecule has 0 unspecified atom stereocenters. The molecule has 6 nitrogen and oxygen atoms in total. The first-order chi connectivity index (χ1) is 11.9. The van der Waals surface area contributed by atoms with E-state index in [9.17, 15) is 14.4 Å². The minimum atomic E-state index is -0.586. The zero-order chi connectivity index (χ0) is 18.2. The average Bonchev–Trinajstić information content (AvgIpc) is 3.29. The van der Waals surface area contributed by atoms with Gasteiger partial charge in [-0.25, -0.2) is 0 Å². The Hall–Kier alpha value is -1.59. The Balaban J connectivity index is 1.83. The van der Waals surface area contributed by atoms with Gasteiger partial charge in [-0.2, -0.15) is 0 Å². The standard InChI is InChI=1S/C19H31N3O3/c1-4-15(5-2)17(24)22-11-16-10-21(14(3)23)12-19(16,13-22)18(25)20-8-6-7-9-20/h15-16H,4-13H2,1-3H3/t16-,19-/m0/s1. The maximum absolute atomic E-state index is 13.3. The first-order valence-electron chi connectivity index (χ1n) is 9.76. The van der Waals surface area contributed by atoms with Crippen LogP contribution in [-0.2, 0) is 14.4 Å². The summed E-state index contributed by atoms with van der Waals surface area (Å²) in [5, 5.41) is 0. The van der Waals surface area contributed by atoms with E-state index in [0.717, 1.165) is 38.8 Å². The Labute approximate surface area is 150 Å². The minimum Gasteiger partial charge on any atom is -0.342 e. The maximum Gasteiger partial charge on any atom is 0.232 e. The van der Waals surface area contributed by atoms with Crippen molar-refractivity contribution in [3.05, 3.63) is 0 Å². The summed E-state index contributed by atoms with van der Waals surface area (Å²) in [6, 6.07) is 0. The van der Waals surface area contributed by atoms with E-state index < -0.39 is 5.41 Å². The Bertz CT molecular complexity index is 554. The van der Waals surface area contributed by atoms with Gasteiger partial charge in [0.25, 0.3) is 0 Å². The van der Waals surface area contributed by atoms with E-state index in [1.54, 1.807) is 11.8 Å². The van der Waals surface area contributed by atoms with Crippen molar-refractivity contribution < 1.29 is 14.4 Å². The van der Waals surface area contributed by atoms with E-state index in [-0.39, 0.29) is 29.6 Å². The van der Waals surface area contributed by atoms with Gasteiger partial charge in [-0.15, -0.1) is 0 Å². The first-order valence-corrected chi connectivity index (χ1v) is 9.76. The second-order valence-corrected chi connectivity index (χ2v) is 7.98. The summed E-state index contributed by atoms with van der Waals surface area (Å²) in [6.07, 6.45) is 3.78. The molecule has 140 valence electrons. The SMILES string of the molecule is CCC(CC)C(=O)N1C[C@@H]2CN(C(C)=O)C[C@]2(C(=O)N2CCCC2)C1. The summed E-state index contributed by atoms with van der Waals surface area (Å²) in [4.78, 5) is 43.8. The van der Waals surface area contributed by atoms with Crippen molar-refractivity contribution in [2.75, 3.05) is 39.3 Å². The van der Waals surface area contributed by atoms with Crippen LogP contribution in [0.25, 0.3) is 0 Å². The van der Waals surface area contributed by atoms with Crippen LogP contribution in [0, 0.1) is 17.3 Å². The lowest BCUT2D eigenvalue weighted by Gasteiger charge is -2.32. The van der Waals surface area contributed by atoms with Crippen LogP contribution >= 0.6 is 0 Å². The monoisotopic (exact) mass is 349 g/mol. The summed E-state index contributed by atoms with van der Waals surface area (Å²) in [5.41, 5.74) is -0.586. The molecule has 3 aliphatic rings. The van der Waals surface area contributed by atoms with Gasteiger partial charge in [0.2, 0.25) is 17.7 Å². The van der Waals surface area contributed by atoms with Crippen molar-refractivity contribution in [1.82, 2.24) is 14.7 Å². The van der Waals surface area contributed by atoms with Crippen molar-refractivity contribution in [3.8, 4) is 0 Å². The highest BCUT2D eigenvalue weighted by molar-refractivity contribution is 5.88. The molecule has 6 heteroatoms. The molecule has 25 heavy (non-hydrogen) atoms. The molecule has 0 spiro atoms. The second-order valence-electron chi connectivity index (χ2n) is 7.98. The van der Waals surface area contributed by atoms with E-state index >= 15 is 0 Å². The molecule has 3 fully saturated rings. The predicted molar refractivity (Wildman–Crippen MR) is 94.6 cm³/mol. The smallest absolute Gasteiger partial charge is 0.232 e. The van der Waals surface area contributed by atoms with Crippen molar-refractivity contribution in [2.24, 2.45) is 17.3 Å². The Morgan fingerprint density at radius 2 is 1.52 bits per heavy atom. The summed E-state index contributed by atoms with van der Waals surface area (Å²) in [5.74, 6) is 0.492. The molecule has 0 N–H and O–H groups in total. The fourth-order valence-electron chi connectivity index (χ4n) is 4.91. The van der Waals surface area contributed by atoms with E-state index in [4.69, 9.17) is 0 Å². The normalized spacial score (nSPS) is 28.8. The first kappa shape index (κ1) is 18.2. The van der Waals surface area contributed by atoms with Crippen LogP contribution in [0.5, 0.6) is 0 Å². The fraction of sp³-hybridized carbons (Fsp3) is 0.842. The molecule has 2 atom stereocenters. The molecule has 0 radical (unpaired) electrons. The van der Waals surface area contributed by atoms with Gasteiger partial charge in [-0.3, -0.25) is 14.4 Å². The summed E-state index contributed by atoms with van der Waals surface area (Å²) >= 11 is 0. The zero-order valence-corrected chi connectivity index (χ0v) is 15.8. The molecule has 3 heterocycles. The molecule has 0 aromatic heterocycles. The molecule has 3 saturated heterocycles. The number of carbonyl (C=O) groups is 3. The Morgan fingerprint density at radius 3 is 2.08 bits per heavy atom. The molecule has 3 rings (SSSR count).